The summed E-state index contributed by atoms with van der Waals surface area (Å²) in [5, 5.41) is 4.58. The van der Waals surface area contributed by atoms with Crippen LogP contribution in [-0.2, 0) is 24.2 Å². The summed E-state index contributed by atoms with van der Waals surface area (Å²) < 4.78 is 1.35. The van der Waals surface area contributed by atoms with Crippen molar-refractivity contribution in [3.8, 4) is 0 Å². The van der Waals surface area contributed by atoms with Gasteiger partial charge in [0.25, 0.3) is 11.5 Å². The molecule has 3 heterocycles. The highest BCUT2D eigenvalue weighted by Crippen LogP contribution is 2.33. The van der Waals surface area contributed by atoms with E-state index in [0.717, 1.165) is 41.6 Å². The molecule has 26 heavy (non-hydrogen) atoms. The Morgan fingerprint density at radius 1 is 1.31 bits per heavy atom. The molecule has 0 saturated carbocycles. The second-order valence-electron chi connectivity index (χ2n) is 6.14. The molecule has 0 saturated heterocycles. The molecular weight excluding hydrogens is 350 g/mol. The highest BCUT2D eigenvalue weighted by atomic mass is 32.1. The van der Waals surface area contributed by atoms with Crippen LogP contribution >= 0.6 is 11.3 Å². The lowest BCUT2D eigenvalue weighted by molar-refractivity contribution is -0.121. The summed E-state index contributed by atoms with van der Waals surface area (Å²) in [6.07, 6.45) is 10.4. The topological polar surface area (TPSA) is 89.2 Å². The van der Waals surface area contributed by atoms with Gasteiger partial charge < -0.3 is 0 Å². The molecule has 1 N–H and O–H groups in total. The quantitative estimate of drug-likeness (QED) is 0.563. The minimum Gasteiger partial charge on any atom is -0.289 e. The highest BCUT2D eigenvalue weighted by molar-refractivity contribution is 7.18. The van der Waals surface area contributed by atoms with Crippen LogP contribution in [0.4, 0.5) is 0 Å². The van der Waals surface area contributed by atoms with E-state index in [0.29, 0.717) is 5.39 Å². The summed E-state index contributed by atoms with van der Waals surface area (Å²) in [6, 6.07) is 3.55. The third kappa shape index (κ3) is 3.28. The molecule has 1 amide bonds. The lowest BCUT2D eigenvalue weighted by Crippen LogP contribution is -2.30. The van der Waals surface area contributed by atoms with Gasteiger partial charge >= 0.3 is 0 Å². The molecule has 0 atom stereocenters. The average molecular weight is 367 g/mol. The van der Waals surface area contributed by atoms with Crippen LogP contribution in [0.5, 0.6) is 0 Å². The van der Waals surface area contributed by atoms with Crippen LogP contribution in [0, 0.1) is 0 Å². The van der Waals surface area contributed by atoms with Gasteiger partial charge in [-0.1, -0.05) is 0 Å². The van der Waals surface area contributed by atoms with Crippen molar-refractivity contribution < 1.29 is 4.79 Å². The summed E-state index contributed by atoms with van der Waals surface area (Å²) in [5.41, 5.74) is 4.23. The molecule has 3 aromatic heterocycles. The fourth-order valence-corrected chi connectivity index (χ4v) is 4.33. The number of rotatable bonds is 4. The van der Waals surface area contributed by atoms with Gasteiger partial charge in [0, 0.05) is 17.3 Å². The Kier molecular flexibility index (Phi) is 4.57. The Labute approximate surface area is 153 Å². The zero-order chi connectivity index (χ0) is 17.9. The van der Waals surface area contributed by atoms with Gasteiger partial charge in [-0.2, -0.15) is 5.10 Å². The molecule has 0 aliphatic heterocycles. The van der Waals surface area contributed by atoms with Crippen molar-refractivity contribution in [1.82, 2.24) is 20.0 Å². The van der Waals surface area contributed by atoms with E-state index >= 15 is 0 Å². The number of hydrogen-bond acceptors (Lipinski definition) is 6. The summed E-state index contributed by atoms with van der Waals surface area (Å²) in [7, 11) is 0. The van der Waals surface area contributed by atoms with Crippen LogP contribution < -0.4 is 11.0 Å². The first-order valence-corrected chi connectivity index (χ1v) is 9.25. The summed E-state index contributed by atoms with van der Waals surface area (Å²) in [4.78, 5) is 35.2. The largest absolute Gasteiger partial charge is 0.289 e. The minimum absolute atomic E-state index is 0.111. The molecule has 0 aromatic carbocycles. The molecule has 3 aromatic rings. The molecule has 132 valence electrons. The van der Waals surface area contributed by atoms with Gasteiger partial charge in [0.2, 0.25) is 0 Å². The van der Waals surface area contributed by atoms with Crippen molar-refractivity contribution in [2.45, 2.75) is 32.2 Å². The predicted molar refractivity (Wildman–Crippen MR) is 100 cm³/mol. The molecule has 0 radical (unpaired) electrons. The van der Waals surface area contributed by atoms with Gasteiger partial charge in [-0.25, -0.2) is 10.4 Å². The standard InChI is InChI=1S/C18H17N5O2S/c24-15(22-21-9-12-5-7-19-8-6-12)10-23-11-20-17-16(18(23)25)13-3-1-2-4-14(13)26-17/h5-9,11H,1-4,10H2,(H,22,24)/b21-9-. The fraction of sp³-hybridized carbons (Fsp3) is 0.278. The Balaban J connectivity index is 1.52. The number of aryl methyl sites for hydroxylation is 2. The Morgan fingerprint density at radius 3 is 2.96 bits per heavy atom. The molecule has 8 heteroatoms. The molecule has 4 rings (SSSR count). The summed E-state index contributed by atoms with van der Waals surface area (Å²) >= 11 is 1.60. The SMILES string of the molecule is O=C(Cn1cnc2sc3c(c2c1=O)CCCC3)N/N=C\c1ccncc1. The molecule has 1 aliphatic rings. The van der Waals surface area contributed by atoms with Gasteiger partial charge in [-0.05, 0) is 48.9 Å². The highest BCUT2D eigenvalue weighted by Gasteiger charge is 2.20. The monoisotopic (exact) mass is 367 g/mol. The lowest BCUT2D eigenvalue weighted by Gasteiger charge is -2.10. The fourth-order valence-electron chi connectivity index (χ4n) is 3.11. The molecule has 1 aliphatic carbocycles. The van der Waals surface area contributed by atoms with Crippen molar-refractivity contribution in [1.29, 1.82) is 0 Å². The zero-order valence-corrected chi connectivity index (χ0v) is 14.8. The zero-order valence-electron chi connectivity index (χ0n) is 14.0. The van der Waals surface area contributed by atoms with Crippen LogP contribution in [0.25, 0.3) is 10.2 Å². The predicted octanol–water partition coefficient (Wildman–Crippen LogP) is 1.88. The van der Waals surface area contributed by atoms with Gasteiger partial charge in [-0.3, -0.25) is 19.1 Å². The first-order valence-electron chi connectivity index (χ1n) is 8.44. The molecule has 0 spiro atoms. The van der Waals surface area contributed by atoms with Crippen molar-refractivity contribution in [3.63, 3.8) is 0 Å². The van der Waals surface area contributed by atoms with E-state index in [9.17, 15) is 9.59 Å². The van der Waals surface area contributed by atoms with E-state index in [1.165, 1.54) is 22.0 Å². The molecule has 0 unspecified atom stereocenters. The van der Waals surface area contributed by atoms with Crippen LogP contribution in [-0.4, -0.2) is 26.7 Å². The number of pyridine rings is 1. The third-order valence-electron chi connectivity index (χ3n) is 4.36. The molecule has 0 fully saturated rings. The number of hydrazone groups is 1. The minimum atomic E-state index is -0.373. The van der Waals surface area contributed by atoms with Crippen LogP contribution in [0.2, 0.25) is 0 Å². The smallest absolute Gasteiger partial charge is 0.262 e. The Bertz CT molecular complexity index is 1040. The second-order valence-corrected chi connectivity index (χ2v) is 7.23. The van der Waals surface area contributed by atoms with Crippen molar-refractivity contribution in [3.05, 3.63) is 57.2 Å². The first kappa shape index (κ1) is 16.6. The van der Waals surface area contributed by atoms with Gasteiger partial charge in [-0.15, -0.1) is 11.3 Å². The molecule has 7 nitrogen and oxygen atoms in total. The van der Waals surface area contributed by atoms with Crippen LogP contribution in [0.15, 0.2) is 40.7 Å². The van der Waals surface area contributed by atoms with E-state index < -0.39 is 0 Å². The maximum absolute atomic E-state index is 12.8. The number of amides is 1. The summed E-state index contributed by atoms with van der Waals surface area (Å²) in [5.74, 6) is -0.373. The van der Waals surface area contributed by atoms with Crippen molar-refractivity contribution in [2.75, 3.05) is 0 Å². The summed E-state index contributed by atoms with van der Waals surface area (Å²) in [6.45, 7) is -0.111. The number of carbonyl (C=O) groups excluding carboxylic acids is 1. The number of carbonyl (C=O) groups is 1. The number of fused-ring (bicyclic) bond motifs is 3. The maximum Gasteiger partial charge on any atom is 0.262 e. The van der Waals surface area contributed by atoms with E-state index in [2.05, 4.69) is 20.5 Å². The van der Waals surface area contributed by atoms with E-state index in [4.69, 9.17) is 0 Å². The lowest BCUT2D eigenvalue weighted by atomic mass is 9.97. The van der Waals surface area contributed by atoms with Crippen LogP contribution in [0.1, 0.15) is 28.8 Å². The Hall–Kier alpha value is -2.87. The van der Waals surface area contributed by atoms with E-state index in [1.807, 2.05) is 0 Å². The van der Waals surface area contributed by atoms with Gasteiger partial charge in [0.05, 0.1) is 17.9 Å². The number of nitrogens with one attached hydrogen (secondary N) is 1. The number of aromatic nitrogens is 3. The first-order chi connectivity index (χ1) is 12.7. The van der Waals surface area contributed by atoms with Crippen molar-refractivity contribution in [2.24, 2.45) is 5.10 Å². The third-order valence-corrected chi connectivity index (χ3v) is 5.56. The van der Waals surface area contributed by atoms with Gasteiger partial charge in [0.15, 0.2) is 0 Å². The maximum atomic E-state index is 12.8. The van der Waals surface area contributed by atoms with Crippen molar-refractivity contribution >= 4 is 33.7 Å². The molecule has 0 bridgehead atoms. The van der Waals surface area contributed by atoms with E-state index in [1.54, 1.807) is 35.9 Å². The number of nitrogens with zero attached hydrogens (tertiary/aromatic N) is 4. The number of hydrogen-bond donors (Lipinski definition) is 1. The second kappa shape index (κ2) is 7.17. The Morgan fingerprint density at radius 2 is 2.12 bits per heavy atom. The van der Waals surface area contributed by atoms with E-state index in [-0.39, 0.29) is 18.0 Å². The number of thiophene rings is 1. The van der Waals surface area contributed by atoms with Gasteiger partial charge in [0.1, 0.15) is 11.4 Å². The normalized spacial score (nSPS) is 13.8. The van der Waals surface area contributed by atoms with Crippen LogP contribution in [0.3, 0.4) is 0 Å². The molecular formula is C18H17N5O2S. The average Bonchev–Trinajstić information content (AvgIpc) is 3.04.